The first-order chi connectivity index (χ1) is 10.3. The van der Waals surface area contributed by atoms with Crippen LogP contribution in [0.2, 0.25) is 0 Å². The maximum absolute atomic E-state index is 12.6. The summed E-state index contributed by atoms with van der Waals surface area (Å²) in [6.45, 7) is 9.88. The first kappa shape index (κ1) is 16.8. The van der Waals surface area contributed by atoms with Crippen LogP contribution in [-0.4, -0.2) is 24.7 Å². The van der Waals surface area contributed by atoms with E-state index >= 15 is 0 Å². The quantitative estimate of drug-likeness (QED) is 0.868. The molecule has 0 saturated heterocycles. The van der Waals surface area contributed by atoms with Gasteiger partial charge in [-0.15, -0.1) is 0 Å². The van der Waals surface area contributed by atoms with Crippen molar-refractivity contribution < 1.29 is 14.3 Å². The van der Waals surface area contributed by atoms with Gasteiger partial charge >= 0.3 is 0 Å². The molecule has 0 spiro atoms. The summed E-state index contributed by atoms with van der Waals surface area (Å²) in [6.07, 6.45) is 2.23. The van der Waals surface area contributed by atoms with Gasteiger partial charge in [-0.25, -0.2) is 0 Å². The second-order valence-electron chi connectivity index (χ2n) is 6.65. The van der Waals surface area contributed by atoms with E-state index in [0.717, 1.165) is 35.4 Å². The molecule has 4 heteroatoms. The number of anilines is 1. The van der Waals surface area contributed by atoms with E-state index in [1.165, 1.54) is 0 Å². The van der Waals surface area contributed by atoms with E-state index in [-0.39, 0.29) is 12.0 Å². The topological polar surface area (TPSA) is 47.6 Å². The highest BCUT2D eigenvalue weighted by molar-refractivity contribution is 5.97. The van der Waals surface area contributed by atoms with E-state index < -0.39 is 5.60 Å². The van der Waals surface area contributed by atoms with Crippen molar-refractivity contribution >= 4 is 11.6 Å². The van der Waals surface area contributed by atoms with Crippen molar-refractivity contribution in [1.29, 1.82) is 0 Å². The molecule has 122 valence electrons. The summed E-state index contributed by atoms with van der Waals surface area (Å²) in [6, 6.07) is 3.90. The number of ether oxygens (including phenoxy) is 2. The summed E-state index contributed by atoms with van der Waals surface area (Å²) in [5.74, 6) is 1.14. The van der Waals surface area contributed by atoms with Gasteiger partial charge in [-0.05, 0) is 76.6 Å². The molecular weight excluding hydrogens is 278 g/mol. The molecule has 22 heavy (non-hydrogen) atoms. The zero-order valence-electron chi connectivity index (χ0n) is 14.4. The van der Waals surface area contributed by atoms with Crippen molar-refractivity contribution in [3.05, 3.63) is 23.3 Å². The Morgan fingerprint density at radius 2 is 1.82 bits per heavy atom. The van der Waals surface area contributed by atoms with E-state index in [1.807, 2.05) is 46.8 Å². The maximum atomic E-state index is 12.6. The lowest BCUT2D eigenvalue weighted by atomic mass is 9.98. The van der Waals surface area contributed by atoms with Gasteiger partial charge in [0.15, 0.2) is 0 Å². The Morgan fingerprint density at radius 1 is 1.27 bits per heavy atom. The lowest BCUT2D eigenvalue weighted by Gasteiger charge is -2.27. The summed E-state index contributed by atoms with van der Waals surface area (Å²) in [7, 11) is 1.61. The predicted octanol–water partition coefficient (Wildman–Crippen LogP) is 3.84. The average molecular weight is 305 g/mol. The van der Waals surface area contributed by atoms with Gasteiger partial charge in [0.25, 0.3) is 5.91 Å². The van der Waals surface area contributed by atoms with Crippen LogP contribution in [0.25, 0.3) is 0 Å². The number of carbonyl (C=O) groups is 1. The molecule has 4 nitrogen and oxygen atoms in total. The molecule has 0 radical (unpaired) electrons. The Balaban J connectivity index is 2.18. The van der Waals surface area contributed by atoms with Gasteiger partial charge in [0, 0.05) is 12.8 Å². The van der Waals surface area contributed by atoms with Gasteiger partial charge in [-0.2, -0.15) is 0 Å². The third-order valence-corrected chi connectivity index (χ3v) is 4.30. The van der Waals surface area contributed by atoms with Gasteiger partial charge in [0.1, 0.15) is 11.4 Å². The van der Waals surface area contributed by atoms with Crippen molar-refractivity contribution in [1.82, 2.24) is 0 Å². The number of hydrogen-bond acceptors (Lipinski definition) is 3. The minimum Gasteiger partial charge on any atom is -0.490 e. The van der Waals surface area contributed by atoms with Crippen LogP contribution in [0.1, 0.15) is 44.7 Å². The number of methoxy groups -OCH3 is 1. The van der Waals surface area contributed by atoms with Crippen LogP contribution in [0.3, 0.4) is 0 Å². The molecule has 1 amide bonds. The molecule has 1 saturated carbocycles. The number of aryl methyl sites for hydroxylation is 2. The van der Waals surface area contributed by atoms with Crippen molar-refractivity contribution in [3.63, 3.8) is 0 Å². The van der Waals surface area contributed by atoms with E-state index in [0.29, 0.717) is 5.92 Å². The molecule has 1 fully saturated rings. The van der Waals surface area contributed by atoms with Crippen LogP contribution < -0.4 is 10.1 Å². The molecule has 1 unspecified atom stereocenters. The zero-order valence-corrected chi connectivity index (χ0v) is 14.4. The van der Waals surface area contributed by atoms with Gasteiger partial charge < -0.3 is 14.8 Å². The minimum atomic E-state index is -0.741. The Bertz CT molecular complexity index is 540. The van der Waals surface area contributed by atoms with Gasteiger partial charge in [0.05, 0.1) is 6.10 Å². The predicted molar refractivity (Wildman–Crippen MR) is 88.4 cm³/mol. The van der Waals surface area contributed by atoms with E-state index in [1.54, 1.807) is 7.11 Å². The Kier molecular flexibility index (Phi) is 4.81. The Labute approximate surface area is 133 Å². The lowest BCUT2D eigenvalue weighted by molar-refractivity contribution is -0.138. The Morgan fingerprint density at radius 3 is 2.23 bits per heavy atom. The normalized spacial score (nSPS) is 17.2. The minimum absolute atomic E-state index is 0.0752. The number of nitrogens with one attached hydrogen (secondary N) is 1. The van der Waals surface area contributed by atoms with Gasteiger partial charge in [-0.3, -0.25) is 4.79 Å². The molecule has 1 aromatic carbocycles. The van der Waals surface area contributed by atoms with Crippen LogP contribution in [0, 0.1) is 19.8 Å². The van der Waals surface area contributed by atoms with Crippen LogP contribution in [0.15, 0.2) is 12.1 Å². The SMILES string of the molecule is COC(C)(C(=O)Nc1cc(C)c(OC(C)C)c(C)c1)C1CC1. The third-order valence-electron chi connectivity index (χ3n) is 4.30. The second-order valence-corrected chi connectivity index (χ2v) is 6.65. The fourth-order valence-electron chi connectivity index (χ4n) is 2.78. The number of amides is 1. The van der Waals surface area contributed by atoms with Crippen LogP contribution in [0.5, 0.6) is 5.75 Å². The molecule has 1 N–H and O–H groups in total. The highest BCUT2D eigenvalue weighted by Crippen LogP contribution is 2.42. The van der Waals surface area contributed by atoms with Gasteiger partial charge in [0.2, 0.25) is 0 Å². The summed E-state index contributed by atoms with van der Waals surface area (Å²) in [4.78, 5) is 12.6. The summed E-state index contributed by atoms with van der Waals surface area (Å²) in [5, 5.41) is 3.00. The first-order valence-electron chi connectivity index (χ1n) is 7.92. The number of rotatable bonds is 6. The molecule has 0 aromatic heterocycles. The number of carbonyl (C=O) groups excluding carboxylic acids is 1. The maximum Gasteiger partial charge on any atom is 0.256 e. The average Bonchev–Trinajstić information content (AvgIpc) is 3.26. The number of benzene rings is 1. The van der Waals surface area contributed by atoms with Crippen LogP contribution >= 0.6 is 0 Å². The molecule has 1 atom stereocenters. The summed E-state index contributed by atoms with van der Waals surface area (Å²) in [5.41, 5.74) is 2.10. The third kappa shape index (κ3) is 3.43. The monoisotopic (exact) mass is 305 g/mol. The van der Waals surface area contributed by atoms with Crippen molar-refractivity contribution in [2.75, 3.05) is 12.4 Å². The molecule has 0 bridgehead atoms. The zero-order chi connectivity index (χ0) is 16.5. The van der Waals surface area contributed by atoms with Crippen LogP contribution in [0.4, 0.5) is 5.69 Å². The van der Waals surface area contributed by atoms with E-state index in [4.69, 9.17) is 9.47 Å². The van der Waals surface area contributed by atoms with Gasteiger partial charge in [-0.1, -0.05) is 0 Å². The van der Waals surface area contributed by atoms with E-state index in [2.05, 4.69) is 5.32 Å². The summed E-state index contributed by atoms with van der Waals surface area (Å²) < 4.78 is 11.3. The highest BCUT2D eigenvalue weighted by atomic mass is 16.5. The number of hydrogen-bond donors (Lipinski definition) is 1. The molecule has 0 heterocycles. The highest BCUT2D eigenvalue weighted by Gasteiger charge is 2.47. The molecule has 1 aliphatic carbocycles. The Hall–Kier alpha value is -1.55. The fourth-order valence-corrected chi connectivity index (χ4v) is 2.78. The van der Waals surface area contributed by atoms with E-state index in [9.17, 15) is 4.79 Å². The van der Waals surface area contributed by atoms with Crippen molar-refractivity contribution in [2.45, 2.75) is 59.2 Å². The van der Waals surface area contributed by atoms with Crippen LogP contribution in [-0.2, 0) is 9.53 Å². The molecule has 1 aromatic rings. The fraction of sp³-hybridized carbons (Fsp3) is 0.611. The molecule has 2 rings (SSSR count). The van der Waals surface area contributed by atoms with Crippen molar-refractivity contribution in [3.8, 4) is 5.75 Å². The second kappa shape index (κ2) is 6.29. The molecule has 0 aliphatic heterocycles. The van der Waals surface area contributed by atoms with Crippen molar-refractivity contribution in [2.24, 2.45) is 5.92 Å². The lowest BCUT2D eigenvalue weighted by Crippen LogP contribution is -2.44. The summed E-state index contributed by atoms with van der Waals surface area (Å²) >= 11 is 0. The smallest absolute Gasteiger partial charge is 0.256 e. The standard InChI is InChI=1S/C18H27NO3/c1-11(2)22-16-12(3)9-15(10-13(16)4)19-17(20)18(5,21-6)14-7-8-14/h9-11,14H,7-8H2,1-6H3,(H,19,20). The largest absolute Gasteiger partial charge is 0.490 e. The first-order valence-corrected chi connectivity index (χ1v) is 7.92. The molecular formula is C18H27NO3. The molecule has 1 aliphatic rings.